The van der Waals surface area contributed by atoms with Gasteiger partial charge in [0.2, 0.25) is 12.2 Å². The fourth-order valence-electron chi connectivity index (χ4n) is 1.07. The summed E-state index contributed by atoms with van der Waals surface area (Å²) in [6, 6.07) is 1.77. The van der Waals surface area contributed by atoms with Gasteiger partial charge in [0, 0.05) is 19.9 Å². The summed E-state index contributed by atoms with van der Waals surface area (Å²) in [6.45, 7) is 1.84. The molecule has 0 aliphatic carbocycles. The van der Waals surface area contributed by atoms with Crippen molar-refractivity contribution in [2.45, 2.75) is 13.2 Å². The summed E-state index contributed by atoms with van der Waals surface area (Å²) in [4.78, 5) is 7.93. The number of aromatic nitrogens is 2. The van der Waals surface area contributed by atoms with Crippen molar-refractivity contribution in [3.05, 3.63) is 17.5 Å². The fraction of sp³-hybridized carbons (Fsp3) is 0.500. The Hall–Kier alpha value is -1.20. The zero-order valence-electron chi connectivity index (χ0n) is 7.94. The highest BCUT2D eigenvalue weighted by Gasteiger charge is 2.11. The van der Waals surface area contributed by atoms with Crippen LogP contribution in [-0.4, -0.2) is 24.2 Å². The molecule has 0 saturated heterocycles. The minimum absolute atomic E-state index is 0.231. The first-order valence-electron chi connectivity index (χ1n) is 3.84. The van der Waals surface area contributed by atoms with Gasteiger partial charge in [0.05, 0.1) is 0 Å². The van der Waals surface area contributed by atoms with Gasteiger partial charge in [-0.25, -0.2) is 9.97 Å². The number of ether oxygens (including phenoxy) is 2. The Labute approximate surface area is 76.9 Å². The molecule has 5 heteroatoms. The summed E-state index contributed by atoms with van der Waals surface area (Å²) in [7, 11) is 3.09. The lowest BCUT2D eigenvalue weighted by Gasteiger charge is -2.12. The molecular formula is C8H13N3O2. The Kier molecular flexibility index (Phi) is 3.16. The molecule has 0 fully saturated rings. The van der Waals surface area contributed by atoms with Gasteiger partial charge in [-0.3, -0.25) is 0 Å². The van der Waals surface area contributed by atoms with Gasteiger partial charge in [0.25, 0.3) is 0 Å². The van der Waals surface area contributed by atoms with Crippen LogP contribution >= 0.6 is 0 Å². The fourth-order valence-corrected chi connectivity index (χ4v) is 1.07. The molecule has 0 atom stereocenters. The van der Waals surface area contributed by atoms with E-state index in [9.17, 15) is 0 Å². The molecule has 0 unspecified atom stereocenters. The third-order valence-electron chi connectivity index (χ3n) is 1.56. The van der Waals surface area contributed by atoms with Gasteiger partial charge in [-0.2, -0.15) is 0 Å². The maximum absolute atomic E-state index is 5.47. The Morgan fingerprint density at radius 2 is 1.92 bits per heavy atom. The van der Waals surface area contributed by atoms with Gasteiger partial charge in [-0.05, 0) is 13.0 Å². The van der Waals surface area contributed by atoms with E-state index in [2.05, 4.69) is 9.97 Å². The van der Waals surface area contributed by atoms with Crippen LogP contribution in [0.4, 0.5) is 5.95 Å². The van der Waals surface area contributed by atoms with Crippen LogP contribution in [-0.2, 0) is 9.47 Å². The Bertz CT molecular complexity index is 266. The SMILES string of the molecule is COC(OC)c1cc(C)nc(N)n1. The average molecular weight is 183 g/mol. The number of hydrogen-bond acceptors (Lipinski definition) is 5. The number of nitrogen functional groups attached to an aromatic ring is 1. The molecule has 13 heavy (non-hydrogen) atoms. The molecule has 1 rings (SSSR count). The van der Waals surface area contributed by atoms with Crippen LogP contribution in [0.15, 0.2) is 6.07 Å². The highest BCUT2D eigenvalue weighted by atomic mass is 16.7. The number of nitrogens with two attached hydrogens (primary N) is 1. The van der Waals surface area contributed by atoms with Crippen molar-refractivity contribution < 1.29 is 9.47 Å². The molecular weight excluding hydrogens is 170 g/mol. The van der Waals surface area contributed by atoms with E-state index in [0.717, 1.165) is 5.69 Å². The second-order valence-corrected chi connectivity index (χ2v) is 2.60. The van der Waals surface area contributed by atoms with Crippen molar-refractivity contribution in [3.63, 3.8) is 0 Å². The minimum Gasteiger partial charge on any atom is -0.368 e. The van der Waals surface area contributed by atoms with Crippen molar-refractivity contribution in [2.75, 3.05) is 20.0 Å². The van der Waals surface area contributed by atoms with Crippen molar-refractivity contribution in [3.8, 4) is 0 Å². The smallest absolute Gasteiger partial charge is 0.220 e. The van der Waals surface area contributed by atoms with E-state index in [1.165, 1.54) is 0 Å². The van der Waals surface area contributed by atoms with Crippen LogP contribution in [0.2, 0.25) is 0 Å². The first-order chi connectivity index (χ1) is 6.17. The maximum atomic E-state index is 5.47. The summed E-state index contributed by atoms with van der Waals surface area (Å²) < 4.78 is 10.1. The van der Waals surface area contributed by atoms with Crippen LogP contribution < -0.4 is 5.73 Å². The summed E-state index contributed by atoms with van der Waals surface area (Å²) >= 11 is 0. The number of aryl methyl sites for hydroxylation is 1. The summed E-state index contributed by atoms with van der Waals surface area (Å²) in [5, 5.41) is 0. The standard InChI is InChI=1S/C8H13N3O2/c1-5-4-6(7(12-2)13-3)11-8(9)10-5/h4,7H,1-3H3,(H2,9,10,11). The monoisotopic (exact) mass is 183 g/mol. The van der Waals surface area contributed by atoms with E-state index >= 15 is 0 Å². The number of hydrogen-bond donors (Lipinski definition) is 1. The lowest BCUT2D eigenvalue weighted by Crippen LogP contribution is -2.09. The van der Waals surface area contributed by atoms with E-state index < -0.39 is 6.29 Å². The molecule has 0 aliphatic heterocycles. The van der Waals surface area contributed by atoms with E-state index in [0.29, 0.717) is 5.69 Å². The molecule has 1 aromatic rings. The largest absolute Gasteiger partial charge is 0.368 e. The van der Waals surface area contributed by atoms with Crippen LogP contribution in [0, 0.1) is 6.92 Å². The normalized spacial score (nSPS) is 10.8. The second kappa shape index (κ2) is 4.15. The van der Waals surface area contributed by atoms with E-state index in [-0.39, 0.29) is 5.95 Å². The highest BCUT2D eigenvalue weighted by Crippen LogP contribution is 2.15. The van der Waals surface area contributed by atoms with Gasteiger partial charge in [-0.1, -0.05) is 0 Å². The van der Waals surface area contributed by atoms with Crippen molar-refractivity contribution in [1.29, 1.82) is 0 Å². The molecule has 72 valence electrons. The molecule has 0 aromatic carbocycles. The maximum Gasteiger partial charge on any atom is 0.220 e. The number of anilines is 1. The summed E-state index contributed by atoms with van der Waals surface area (Å²) in [5.74, 6) is 0.231. The number of rotatable bonds is 3. The van der Waals surface area contributed by atoms with Crippen LogP contribution in [0.1, 0.15) is 17.7 Å². The Morgan fingerprint density at radius 3 is 2.38 bits per heavy atom. The van der Waals surface area contributed by atoms with E-state index in [1.54, 1.807) is 20.3 Å². The third-order valence-corrected chi connectivity index (χ3v) is 1.56. The zero-order valence-corrected chi connectivity index (χ0v) is 7.94. The second-order valence-electron chi connectivity index (χ2n) is 2.60. The Balaban J connectivity index is 2.99. The predicted molar refractivity (Wildman–Crippen MR) is 47.9 cm³/mol. The average Bonchev–Trinajstić information content (AvgIpc) is 2.04. The molecule has 0 radical (unpaired) electrons. The molecule has 0 saturated carbocycles. The quantitative estimate of drug-likeness (QED) is 0.697. The van der Waals surface area contributed by atoms with Gasteiger partial charge >= 0.3 is 0 Å². The molecule has 0 spiro atoms. The van der Waals surface area contributed by atoms with Gasteiger partial charge in [0.1, 0.15) is 5.69 Å². The molecule has 1 aromatic heterocycles. The molecule has 2 N–H and O–H groups in total. The lowest BCUT2D eigenvalue weighted by atomic mass is 10.3. The molecule has 1 heterocycles. The Morgan fingerprint density at radius 1 is 1.31 bits per heavy atom. The van der Waals surface area contributed by atoms with E-state index in [1.807, 2.05) is 6.92 Å². The van der Waals surface area contributed by atoms with Crippen LogP contribution in [0.25, 0.3) is 0 Å². The molecule has 0 aliphatic rings. The molecule has 0 amide bonds. The van der Waals surface area contributed by atoms with Gasteiger partial charge < -0.3 is 15.2 Å². The van der Waals surface area contributed by atoms with Crippen LogP contribution in [0.3, 0.4) is 0 Å². The number of methoxy groups -OCH3 is 2. The minimum atomic E-state index is -0.482. The number of nitrogens with zero attached hydrogens (tertiary/aromatic N) is 2. The molecule has 0 bridgehead atoms. The van der Waals surface area contributed by atoms with E-state index in [4.69, 9.17) is 15.2 Å². The predicted octanol–water partition coefficient (Wildman–Crippen LogP) is 0.659. The first-order valence-corrected chi connectivity index (χ1v) is 3.84. The molecule has 5 nitrogen and oxygen atoms in total. The zero-order chi connectivity index (χ0) is 9.84. The lowest BCUT2D eigenvalue weighted by molar-refractivity contribution is -0.108. The topological polar surface area (TPSA) is 70.3 Å². The van der Waals surface area contributed by atoms with Crippen molar-refractivity contribution in [1.82, 2.24) is 9.97 Å². The van der Waals surface area contributed by atoms with Gasteiger partial charge in [-0.15, -0.1) is 0 Å². The van der Waals surface area contributed by atoms with Gasteiger partial charge in [0.15, 0.2) is 0 Å². The first kappa shape index (κ1) is 9.88. The summed E-state index contributed by atoms with van der Waals surface area (Å²) in [5.41, 5.74) is 6.90. The summed E-state index contributed by atoms with van der Waals surface area (Å²) in [6.07, 6.45) is -0.482. The van der Waals surface area contributed by atoms with Crippen LogP contribution in [0.5, 0.6) is 0 Å². The van der Waals surface area contributed by atoms with Crippen molar-refractivity contribution in [2.24, 2.45) is 0 Å². The van der Waals surface area contributed by atoms with Crippen molar-refractivity contribution >= 4 is 5.95 Å². The highest BCUT2D eigenvalue weighted by molar-refractivity contribution is 5.22. The third kappa shape index (κ3) is 2.37.